The van der Waals surface area contributed by atoms with Gasteiger partial charge in [0.2, 0.25) is 0 Å². The van der Waals surface area contributed by atoms with Crippen molar-refractivity contribution < 1.29 is 19.1 Å². The molecule has 134 valence electrons. The third-order valence-electron chi connectivity index (χ3n) is 3.56. The van der Waals surface area contributed by atoms with Crippen LogP contribution in [0.2, 0.25) is 0 Å². The number of carbonyl (C=O) groups is 2. The minimum Gasteiger partial charge on any atom is -0.444 e. The van der Waals surface area contributed by atoms with E-state index < -0.39 is 17.8 Å². The first kappa shape index (κ1) is 18.5. The fourth-order valence-electron chi connectivity index (χ4n) is 2.42. The molecule has 2 heterocycles. The lowest BCUT2D eigenvalue weighted by molar-refractivity contribution is 0.00785. The van der Waals surface area contributed by atoms with Crippen LogP contribution in [0, 0.1) is 11.3 Å². The molecule has 8 nitrogen and oxygen atoms in total. The van der Waals surface area contributed by atoms with Gasteiger partial charge < -0.3 is 19.3 Å². The molecule has 1 saturated heterocycles. The predicted octanol–water partition coefficient (Wildman–Crippen LogP) is 2.39. The minimum atomic E-state index is -0.560. The van der Waals surface area contributed by atoms with Crippen molar-refractivity contribution >= 4 is 12.2 Å². The molecule has 0 radical (unpaired) electrons. The second kappa shape index (κ2) is 7.38. The third-order valence-corrected chi connectivity index (χ3v) is 3.56. The van der Waals surface area contributed by atoms with Gasteiger partial charge in [0.25, 0.3) is 0 Å². The smallest absolute Gasteiger partial charge is 0.415 e. The molecule has 25 heavy (non-hydrogen) atoms. The van der Waals surface area contributed by atoms with Crippen molar-refractivity contribution in [2.45, 2.75) is 39.3 Å². The number of piperazine rings is 1. The molecule has 0 N–H and O–H groups in total. The Morgan fingerprint density at radius 1 is 1.28 bits per heavy atom. The molecular formula is C17H22N4O4. The Labute approximate surface area is 146 Å². The molecule has 1 aromatic heterocycles. The Kier molecular flexibility index (Phi) is 5.47. The van der Waals surface area contributed by atoms with Crippen molar-refractivity contribution in [1.82, 2.24) is 14.8 Å². The van der Waals surface area contributed by atoms with Crippen molar-refractivity contribution in [3.8, 4) is 11.8 Å². The van der Waals surface area contributed by atoms with E-state index in [1.165, 1.54) is 18.5 Å². The van der Waals surface area contributed by atoms with Crippen LogP contribution in [0.4, 0.5) is 9.59 Å². The van der Waals surface area contributed by atoms with Gasteiger partial charge in [-0.2, -0.15) is 5.26 Å². The third kappa shape index (κ3) is 5.08. The largest absolute Gasteiger partial charge is 0.444 e. The molecule has 0 aliphatic carbocycles. The fourth-order valence-corrected chi connectivity index (χ4v) is 2.42. The van der Waals surface area contributed by atoms with E-state index in [9.17, 15) is 9.59 Å². The lowest BCUT2D eigenvalue weighted by atomic mass is 10.2. The Morgan fingerprint density at radius 2 is 2.00 bits per heavy atom. The van der Waals surface area contributed by atoms with Gasteiger partial charge in [-0.1, -0.05) is 0 Å². The van der Waals surface area contributed by atoms with Crippen LogP contribution in [-0.4, -0.2) is 58.2 Å². The SMILES string of the molecule is C[C@@H]1CN(C(=O)OC(C)(C)C)CCN1C(=O)Oc1cncc(C#N)c1. The molecule has 0 saturated carbocycles. The van der Waals surface area contributed by atoms with Gasteiger partial charge in [-0.3, -0.25) is 4.98 Å². The molecule has 1 atom stereocenters. The number of nitrogens with zero attached hydrogens (tertiary/aromatic N) is 4. The van der Waals surface area contributed by atoms with Gasteiger partial charge in [-0.15, -0.1) is 0 Å². The maximum absolute atomic E-state index is 12.3. The van der Waals surface area contributed by atoms with E-state index in [4.69, 9.17) is 14.7 Å². The second-order valence-electron chi connectivity index (χ2n) is 6.86. The highest BCUT2D eigenvalue weighted by atomic mass is 16.6. The van der Waals surface area contributed by atoms with Gasteiger partial charge in [0.05, 0.1) is 17.8 Å². The Bertz CT molecular complexity index is 693. The van der Waals surface area contributed by atoms with Crippen LogP contribution in [0.25, 0.3) is 0 Å². The number of carbonyl (C=O) groups excluding carboxylic acids is 2. The van der Waals surface area contributed by atoms with E-state index in [-0.39, 0.29) is 11.8 Å². The number of hydrogen-bond acceptors (Lipinski definition) is 6. The van der Waals surface area contributed by atoms with Crippen molar-refractivity contribution in [2.75, 3.05) is 19.6 Å². The van der Waals surface area contributed by atoms with Crippen molar-refractivity contribution in [2.24, 2.45) is 0 Å². The number of nitriles is 1. The van der Waals surface area contributed by atoms with Gasteiger partial charge in [0.1, 0.15) is 11.7 Å². The van der Waals surface area contributed by atoms with Crippen LogP contribution < -0.4 is 4.74 Å². The van der Waals surface area contributed by atoms with Gasteiger partial charge in [-0.05, 0) is 27.7 Å². The van der Waals surface area contributed by atoms with Gasteiger partial charge in [-0.25, -0.2) is 9.59 Å². The van der Waals surface area contributed by atoms with E-state index in [0.29, 0.717) is 25.2 Å². The molecule has 0 unspecified atom stereocenters. The molecule has 1 aliphatic rings. The zero-order valence-corrected chi connectivity index (χ0v) is 14.9. The number of pyridine rings is 1. The van der Waals surface area contributed by atoms with E-state index in [0.717, 1.165) is 0 Å². The van der Waals surface area contributed by atoms with Crippen molar-refractivity contribution in [3.05, 3.63) is 24.0 Å². The quantitative estimate of drug-likeness (QED) is 0.775. The molecule has 2 rings (SSSR count). The van der Waals surface area contributed by atoms with Crippen molar-refractivity contribution in [3.63, 3.8) is 0 Å². The number of rotatable bonds is 1. The zero-order chi connectivity index (χ0) is 18.6. The molecular weight excluding hydrogens is 324 g/mol. The first-order valence-corrected chi connectivity index (χ1v) is 8.01. The maximum Gasteiger partial charge on any atom is 0.415 e. The van der Waals surface area contributed by atoms with Gasteiger partial charge in [0, 0.05) is 31.9 Å². The lowest BCUT2D eigenvalue weighted by Crippen LogP contribution is -2.56. The van der Waals surface area contributed by atoms with Crippen LogP contribution in [0.5, 0.6) is 5.75 Å². The van der Waals surface area contributed by atoms with E-state index >= 15 is 0 Å². The Balaban J connectivity index is 1.95. The summed E-state index contributed by atoms with van der Waals surface area (Å²) in [5.41, 5.74) is -0.247. The summed E-state index contributed by atoms with van der Waals surface area (Å²) in [4.78, 5) is 31.4. The molecule has 1 fully saturated rings. The first-order valence-electron chi connectivity index (χ1n) is 8.01. The summed E-state index contributed by atoms with van der Waals surface area (Å²) in [5, 5.41) is 8.86. The molecule has 1 aliphatic heterocycles. The average molecular weight is 346 g/mol. The summed E-state index contributed by atoms with van der Waals surface area (Å²) < 4.78 is 10.6. The second-order valence-corrected chi connectivity index (χ2v) is 6.86. The van der Waals surface area contributed by atoms with Gasteiger partial charge in [0.15, 0.2) is 5.75 Å². The van der Waals surface area contributed by atoms with E-state index in [2.05, 4.69) is 4.98 Å². The monoisotopic (exact) mass is 346 g/mol. The van der Waals surface area contributed by atoms with E-state index in [1.54, 1.807) is 9.80 Å². The lowest BCUT2D eigenvalue weighted by Gasteiger charge is -2.39. The van der Waals surface area contributed by atoms with E-state index in [1.807, 2.05) is 33.8 Å². The average Bonchev–Trinajstić information content (AvgIpc) is 2.53. The summed E-state index contributed by atoms with van der Waals surface area (Å²) in [6, 6.07) is 3.17. The number of hydrogen-bond donors (Lipinski definition) is 0. The number of ether oxygens (including phenoxy) is 2. The van der Waals surface area contributed by atoms with Gasteiger partial charge >= 0.3 is 12.2 Å². The minimum absolute atomic E-state index is 0.214. The Hall–Kier alpha value is -2.82. The normalized spacial score (nSPS) is 17.6. The summed E-state index contributed by atoms with van der Waals surface area (Å²) in [6.45, 7) is 8.33. The molecule has 0 bridgehead atoms. The van der Waals surface area contributed by atoms with Crippen LogP contribution in [0.3, 0.4) is 0 Å². The van der Waals surface area contributed by atoms with Crippen LogP contribution in [-0.2, 0) is 4.74 Å². The number of aromatic nitrogens is 1. The molecule has 1 aromatic rings. The molecule has 0 spiro atoms. The summed E-state index contributed by atoms with van der Waals surface area (Å²) in [5.74, 6) is 0.214. The predicted molar refractivity (Wildman–Crippen MR) is 89.0 cm³/mol. The molecule has 8 heteroatoms. The topological polar surface area (TPSA) is 95.8 Å². The molecule has 0 aromatic carbocycles. The fraction of sp³-hybridized carbons (Fsp3) is 0.529. The van der Waals surface area contributed by atoms with Crippen LogP contribution in [0.1, 0.15) is 33.3 Å². The highest BCUT2D eigenvalue weighted by Gasteiger charge is 2.33. The summed E-state index contributed by atoms with van der Waals surface area (Å²) in [7, 11) is 0. The first-order chi connectivity index (χ1) is 11.7. The molecule has 2 amide bonds. The van der Waals surface area contributed by atoms with Crippen molar-refractivity contribution in [1.29, 1.82) is 5.26 Å². The summed E-state index contributed by atoms with van der Waals surface area (Å²) in [6.07, 6.45) is 1.84. The van der Waals surface area contributed by atoms with Crippen LogP contribution in [0.15, 0.2) is 18.5 Å². The maximum atomic E-state index is 12.3. The zero-order valence-electron chi connectivity index (χ0n) is 14.9. The summed E-state index contributed by atoms with van der Waals surface area (Å²) >= 11 is 0. The standard InChI is InChI=1S/C17H22N4O4/c1-12-11-20(15(22)25-17(2,3)4)5-6-21(12)16(23)24-14-7-13(8-18)9-19-10-14/h7,9-10,12H,5-6,11H2,1-4H3/t12-/m1/s1. The highest BCUT2D eigenvalue weighted by molar-refractivity contribution is 5.72. The number of amides is 2. The Morgan fingerprint density at radius 3 is 2.60 bits per heavy atom. The van der Waals surface area contributed by atoms with Crippen LogP contribution >= 0.6 is 0 Å². The highest BCUT2D eigenvalue weighted by Crippen LogP contribution is 2.17.